The summed E-state index contributed by atoms with van der Waals surface area (Å²) in [6.07, 6.45) is 0. The molecule has 0 aliphatic carbocycles. The monoisotopic (exact) mass is 156 g/mol. The fraction of sp³-hybridized carbons (Fsp3) is 0.714. The Morgan fingerprint density at radius 3 is 2.91 bits per heavy atom. The molecule has 0 aromatic rings. The van der Waals surface area contributed by atoms with Crippen molar-refractivity contribution in [1.29, 1.82) is 0 Å². The topological polar surface area (TPSA) is 41.9 Å². The zero-order valence-corrected chi connectivity index (χ0v) is 6.83. The van der Waals surface area contributed by atoms with Crippen molar-refractivity contribution in [2.24, 2.45) is 4.99 Å². The van der Waals surface area contributed by atoms with Crippen molar-refractivity contribution >= 4 is 11.9 Å². The summed E-state index contributed by atoms with van der Waals surface area (Å²) in [6.45, 7) is 5.24. The van der Waals surface area contributed by atoms with Crippen molar-refractivity contribution in [3.8, 4) is 0 Å². The molecule has 0 aromatic heterocycles. The van der Waals surface area contributed by atoms with Crippen LogP contribution in [0.2, 0.25) is 0 Å². The number of nitrogens with zero attached hydrogens (tertiary/aromatic N) is 2. The highest BCUT2D eigenvalue weighted by atomic mass is 16.5. The summed E-state index contributed by atoms with van der Waals surface area (Å²) < 4.78 is 5.04. The highest BCUT2D eigenvalue weighted by molar-refractivity contribution is 5.99. The highest BCUT2D eigenvalue weighted by Gasteiger charge is 2.26. The Hall–Kier alpha value is -1.06. The van der Waals surface area contributed by atoms with E-state index >= 15 is 0 Å². The van der Waals surface area contributed by atoms with Crippen molar-refractivity contribution in [3.05, 3.63) is 0 Å². The molecule has 1 saturated heterocycles. The van der Waals surface area contributed by atoms with Gasteiger partial charge in [0, 0.05) is 13.1 Å². The van der Waals surface area contributed by atoms with Gasteiger partial charge in [0.15, 0.2) is 6.61 Å². The summed E-state index contributed by atoms with van der Waals surface area (Å²) in [7, 11) is 0. The van der Waals surface area contributed by atoms with Gasteiger partial charge in [-0.3, -0.25) is 9.69 Å². The molecular formula is C7H12N2O2. The maximum Gasteiger partial charge on any atom is 0.294 e. The molecule has 1 fully saturated rings. The first-order chi connectivity index (χ1) is 5.29. The molecule has 1 rings (SSSR count). The van der Waals surface area contributed by atoms with Crippen LogP contribution in [0.5, 0.6) is 0 Å². The number of amides is 1. The number of carbonyl (C=O) groups excluding carboxylic acids is 1. The minimum atomic E-state index is -0.000278. The predicted octanol–water partition coefficient (Wildman–Crippen LogP) is 0.241. The van der Waals surface area contributed by atoms with Gasteiger partial charge in [0.05, 0.1) is 0 Å². The fourth-order valence-electron chi connectivity index (χ4n) is 0.967. The zero-order chi connectivity index (χ0) is 8.27. The molecule has 62 valence electrons. The van der Waals surface area contributed by atoms with E-state index in [1.165, 1.54) is 0 Å². The Morgan fingerprint density at radius 1 is 1.64 bits per heavy atom. The van der Waals surface area contributed by atoms with E-state index in [1.54, 1.807) is 4.90 Å². The first-order valence-electron chi connectivity index (χ1n) is 3.77. The number of carbonyl (C=O) groups is 1. The van der Waals surface area contributed by atoms with Gasteiger partial charge in [0.25, 0.3) is 11.9 Å². The molecule has 1 heterocycles. The molecule has 1 aliphatic rings. The molecule has 0 saturated carbocycles. The van der Waals surface area contributed by atoms with E-state index in [-0.39, 0.29) is 12.5 Å². The summed E-state index contributed by atoms with van der Waals surface area (Å²) in [4.78, 5) is 16.6. The quantitative estimate of drug-likeness (QED) is 0.574. The van der Waals surface area contributed by atoms with Crippen molar-refractivity contribution in [2.75, 3.05) is 19.7 Å². The molecule has 4 nitrogen and oxygen atoms in total. The van der Waals surface area contributed by atoms with Gasteiger partial charge >= 0.3 is 0 Å². The van der Waals surface area contributed by atoms with Crippen LogP contribution in [-0.2, 0) is 9.53 Å². The van der Waals surface area contributed by atoms with Gasteiger partial charge in [-0.15, -0.1) is 0 Å². The van der Waals surface area contributed by atoms with Crippen LogP contribution in [0, 0.1) is 0 Å². The summed E-state index contributed by atoms with van der Waals surface area (Å²) in [5.74, 6) is -0.000278. The molecular weight excluding hydrogens is 144 g/mol. The molecule has 0 radical (unpaired) electrons. The number of ether oxygens (including phenoxy) is 1. The minimum absolute atomic E-state index is 0.000278. The number of hydrogen-bond donors (Lipinski definition) is 0. The van der Waals surface area contributed by atoms with Crippen LogP contribution in [0.25, 0.3) is 0 Å². The predicted molar refractivity (Wildman–Crippen MR) is 41.3 cm³/mol. The Bertz CT molecular complexity index is 189. The van der Waals surface area contributed by atoms with E-state index in [1.807, 2.05) is 13.8 Å². The Kier molecular flexibility index (Phi) is 2.46. The average molecular weight is 156 g/mol. The highest BCUT2D eigenvalue weighted by Crippen LogP contribution is 2.04. The third kappa shape index (κ3) is 1.50. The van der Waals surface area contributed by atoms with Crippen LogP contribution >= 0.6 is 0 Å². The Morgan fingerprint density at radius 2 is 2.36 bits per heavy atom. The van der Waals surface area contributed by atoms with Crippen molar-refractivity contribution in [3.63, 3.8) is 0 Å². The molecule has 0 unspecified atom stereocenters. The van der Waals surface area contributed by atoms with Crippen LogP contribution in [0.4, 0.5) is 0 Å². The lowest BCUT2D eigenvalue weighted by atomic mass is 10.5. The van der Waals surface area contributed by atoms with Crippen LogP contribution in [0.1, 0.15) is 13.8 Å². The zero-order valence-electron chi connectivity index (χ0n) is 6.83. The standard InChI is InChI=1S/C7H12N2O2/c1-3-8-7-9(4-2)6(10)5-11-7/h3-5H2,1-2H3. The first-order valence-corrected chi connectivity index (χ1v) is 3.77. The maximum absolute atomic E-state index is 11.0. The lowest BCUT2D eigenvalue weighted by Crippen LogP contribution is -2.29. The second-order valence-corrected chi connectivity index (χ2v) is 2.18. The third-order valence-electron chi connectivity index (χ3n) is 1.47. The lowest BCUT2D eigenvalue weighted by molar-refractivity contribution is -0.125. The van der Waals surface area contributed by atoms with Crippen LogP contribution in [-0.4, -0.2) is 36.5 Å². The number of rotatable bonds is 2. The van der Waals surface area contributed by atoms with Gasteiger partial charge in [-0.25, -0.2) is 4.99 Å². The Balaban J connectivity index is 2.68. The van der Waals surface area contributed by atoms with Crippen molar-refractivity contribution < 1.29 is 9.53 Å². The van der Waals surface area contributed by atoms with Gasteiger partial charge in [-0.05, 0) is 13.8 Å². The van der Waals surface area contributed by atoms with Gasteiger partial charge in [-0.1, -0.05) is 0 Å². The number of likely N-dealkylation sites (N-methyl/N-ethyl adjacent to an activating group) is 1. The smallest absolute Gasteiger partial charge is 0.294 e. The van der Waals surface area contributed by atoms with E-state index in [2.05, 4.69) is 4.99 Å². The first kappa shape index (κ1) is 8.04. The summed E-state index contributed by atoms with van der Waals surface area (Å²) in [6, 6.07) is 0.472. The second kappa shape index (κ2) is 3.37. The van der Waals surface area contributed by atoms with E-state index in [0.29, 0.717) is 19.1 Å². The van der Waals surface area contributed by atoms with Gasteiger partial charge < -0.3 is 4.74 Å². The van der Waals surface area contributed by atoms with Crippen LogP contribution in [0.15, 0.2) is 4.99 Å². The average Bonchev–Trinajstić information content (AvgIpc) is 2.33. The van der Waals surface area contributed by atoms with E-state index < -0.39 is 0 Å². The largest absolute Gasteiger partial charge is 0.455 e. The normalized spacial score (nSPS) is 21.1. The van der Waals surface area contributed by atoms with Crippen LogP contribution in [0.3, 0.4) is 0 Å². The van der Waals surface area contributed by atoms with E-state index in [4.69, 9.17) is 4.74 Å². The number of aliphatic imine (C=N–C) groups is 1. The minimum Gasteiger partial charge on any atom is -0.455 e. The summed E-state index contributed by atoms with van der Waals surface area (Å²) >= 11 is 0. The molecule has 11 heavy (non-hydrogen) atoms. The van der Waals surface area contributed by atoms with Gasteiger partial charge in [0.2, 0.25) is 0 Å². The van der Waals surface area contributed by atoms with Gasteiger partial charge in [-0.2, -0.15) is 0 Å². The summed E-state index contributed by atoms with van der Waals surface area (Å²) in [5, 5.41) is 0. The van der Waals surface area contributed by atoms with Crippen molar-refractivity contribution in [2.45, 2.75) is 13.8 Å². The molecule has 1 aliphatic heterocycles. The maximum atomic E-state index is 11.0. The molecule has 0 atom stereocenters. The molecule has 0 spiro atoms. The van der Waals surface area contributed by atoms with Crippen LogP contribution < -0.4 is 0 Å². The molecule has 0 bridgehead atoms. The molecule has 0 N–H and O–H groups in total. The van der Waals surface area contributed by atoms with E-state index in [9.17, 15) is 4.79 Å². The Labute approximate surface area is 65.9 Å². The van der Waals surface area contributed by atoms with Crippen molar-refractivity contribution in [1.82, 2.24) is 4.90 Å². The fourth-order valence-corrected chi connectivity index (χ4v) is 0.967. The summed E-state index contributed by atoms with van der Waals surface area (Å²) in [5.41, 5.74) is 0. The number of amidine groups is 1. The van der Waals surface area contributed by atoms with Gasteiger partial charge in [0.1, 0.15) is 0 Å². The molecule has 0 aromatic carbocycles. The second-order valence-electron chi connectivity index (χ2n) is 2.18. The number of hydrogen-bond acceptors (Lipinski definition) is 3. The molecule has 1 amide bonds. The third-order valence-corrected chi connectivity index (χ3v) is 1.47. The SMILES string of the molecule is CCN=C1OCC(=O)N1CC. The van der Waals surface area contributed by atoms with E-state index in [0.717, 1.165) is 0 Å². The lowest BCUT2D eigenvalue weighted by Gasteiger charge is -2.09. The molecule has 4 heteroatoms.